The van der Waals surface area contributed by atoms with Crippen molar-refractivity contribution in [3.63, 3.8) is 0 Å². The second kappa shape index (κ2) is 12.5. The Balaban J connectivity index is 3.02. The van der Waals surface area contributed by atoms with Gasteiger partial charge in [-0.15, -0.1) is 11.3 Å². The number of benzene rings is 1. The van der Waals surface area contributed by atoms with Crippen LogP contribution in [0.1, 0.15) is 45.0 Å². The number of hydrogen-bond donors (Lipinski definition) is 0. The SMILES string of the molecule is CCOC(=O)c1c(N=CN(C)C)sc(P(=O)(N(CC)CC)N(CC)CC)c1-c1ccccc1. The number of thiophene rings is 1. The highest BCUT2D eigenvalue weighted by Gasteiger charge is 2.42. The number of carbonyl (C=O) groups is 1. The van der Waals surface area contributed by atoms with E-state index in [1.165, 1.54) is 11.3 Å². The second-order valence-electron chi connectivity index (χ2n) is 7.58. The summed E-state index contributed by atoms with van der Waals surface area (Å²) >= 11 is 1.33. The fourth-order valence-electron chi connectivity index (χ4n) is 3.79. The van der Waals surface area contributed by atoms with Crippen molar-refractivity contribution in [2.45, 2.75) is 34.6 Å². The van der Waals surface area contributed by atoms with Gasteiger partial charge in [-0.3, -0.25) is 4.57 Å². The van der Waals surface area contributed by atoms with Gasteiger partial charge in [0.15, 0.2) is 0 Å². The number of aliphatic imine (C=N–C) groups is 1. The monoisotopic (exact) mass is 492 g/mol. The first kappa shape index (κ1) is 27.3. The van der Waals surface area contributed by atoms with Gasteiger partial charge >= 0.3 is 5.97 Å². The quantitative estimate of drug-likeness (QED) is 0.173. The molecule has 1 aromatic heterocycles. The molecule has 1 heterocycles. The largest absolute Gasteiger partial charge is 0.462 e. The number of carbonyl (C=O) groups excluding carboxylic acids is 1. The zero-order valence-electron chi connectivity index (χ0n) is 20.9. The van der Waals surface area contributed by atoms with E-state index in [0.29, 0.717) is 46.9 Å². The lowest BCUT2D eigenvalue weighted by atomic mass is 10.0. The molecule has 0 aliphatic rings. The predicted octanol–water partition coefficient (Wildman–Crippen LogP) is 5.32. The average Bonchev–Trinajstić information content (AvgIpc) is 3.20. The van der Waals surface area contributed by atoms with E-state index in [1.54, 1.807) is 13.3 Å². The molecule has 0 unspecified atom stereocenters. The Labute approximate surface area is 202 Å². The van der Waals surface area contributed by atoms with E-state index in [0.717, 1.165) is 5.56 Å². The Morgan fingerprint density at radius 2 is 1.55 bits per heavy atom. The highest BCUT2D eigenvalue weighted by molar-refractivity contribution is 7.73. The molecule has 0 fully saturated rings. The van der Waals surface area contributed by atoms with Crippen LogP contribution in [0.4, 0.5) is 5.00 Å². The maximum Gasteiger partial charge on any atom is 0.341 e. The van der Waals surface area contributed by atoms with Crippen LogP contribution in [-0.4, -0.2) is 73.4 Å². The van der Waals surface area contributed by atoms with Gasteiger partial charge in [-0.05, 0) is 12.5 Å². The van der Waals surface area contributed by atoms with Crippen molar-refractivity contribution in [2.75, 3.05) is 46.9 Å². The van der Waals surface area contributed by atoms with Crippen LogP contribution in [-0.2, 0) is 9.30 Å². The van der Waals surface area contributed by atoms with Crippen LogP contribution < -0.4 is 4.62 Å². The minimum Gasteiger partial charge on any atom is -0.462 e. The smallest absolute Gasteiger partial charge is 0.341 e. The van der Waals surface area contributed by atoms with Crippen LogP contribution in [0, 0.1) is 0 Å². The van der Waals surface area contributed by atoms with Gasteiger partial charge in [-0.25, -0.2) is 19.1 Å². The molecular formula is C24H37N4O3PS. The van der Waals surface area contributed by atoms with Crippen molar-refractivity contribution in [1.82, 2.24) is 14.2 Å². The number of esters is 1. The molecule has 0 bridgehead atoms. The van der Waals surface area contributed by atoms with Crippen molar-refractivity contribution in [1.29, 1.82) is 0 Å². The highest BCUT2D eigenvalue weighted by atomic mass is 32.1. The maximum absolute atomic E-state index is 15.1. The molecule has 0 radical (unpaired) electrons. The van der Waals surface area contributed by atoms with Crippen LogP contribution >= 0.6 is 18.8 Å². The van der Waals surface area contributed by atoms with E-state index >= 15 is 4.57 Å². The Hall–Kier alpha value is -1.99. The van der Waals surface area contributed by atoms with Crippen LogP contribution in [0.25, 0.3) is 11.1 Å². The van der Waals surface area contributed by atoms with Crippen LogP contribution in [0.3, 0.4) is 0 Å². The molecule has 0 saturated carbocycles. The van der Waals surface area contributed by atoms with E-state index in [9.17, 15) is 4.79 Å². The Kier molecular flexibility index (Phi) is 10.3. The van der Waals surface area contributed by atoms with Crippen molar-refractivity contribution in [3.8, 4) is 11.1 Å². The number of nitrogens with zero attached hydrogens (tertiary/aromatic N) is 4. The molecule has 33 heavy (non-hydrogen) atoms. The molecule has 2 aromatic rings. The van der Waals surface area contributed by atoms with Gasteiger partial charge in [0.05, 0.1) is 12.9 Å². The summed E-state index contributed by atoms with van der Waals surface area (Å²) < 4.78 is 25.2. The molecule has 7 nitrogen and oxygen atoms in total. The minimum absolute atomic E-state index is 0.249. The number of ether oxygens (including phenoxy) is 1. The van der Waals surface area contributed by atoms with E-state index in [2.05, 4.69) is 4.99 Å². The maximum atomic E-state index is 15.1. The van der Waals surface area contributed by atoms with Crippen LogP contribution in [0.5, 0.6) is 0 Å². The molecule has 0 aliphatic carbocycles. The van der Waals surface area contributed by atoms with E-state index in [-0.39, 0.29) is 6.61 Å². The van der Waals surface area contributed by atoms with Crippen molar-refractivity contribution in [2.24, 2.45) is 4.99 Å². The van der Waals surface area contributed by atoms with Crippen molar-refractivity contribution >= 4 is 40.7 Å². The molecule has 1 aromatic carbocycles. The summed E-state index contributed by atoms with van der Waals surface area (Å²) in [6.07, 6.45) is 1.66. The van der Waals surface area contributed by atoms with Crippen LogP contribution in [0.2, 0.25) is 0 Å². The molecule has 182 valence electrons. The lowest BCUT2D eigenvalue weighted by Gasteiger charge is -2.37. The summed E-state index contributed by atoms with van der Waals surface area (Å²) in [5, 5.41) is 0.510. The Morgan fingerprint density at radius 3 is 2.00 bits per heavy atom. The zero-order chi connectivity index (χ0) is 24.6. The summed E-state index contributed by atoms with van der Waals surface area (Å²) in [4.78, 5) is 19.7. The standard InChI is InChI=1S/C24H37N4O3PS/c1-8-27(9-2)32(30,28(10-3)11-4)24-20(19-16-14-13-15-17-19)21(23(29)31-12-5)22(33-24)25-18-26(6)7/h13-18H,8-12H2,1-7H3. The van der Waals surface area contributed by atoms with Gasteiger partial charge in [-0.2, -0.15) is 0 Å². The molecule has 0 atom stereocenters. The molecule has 2 rings (SSSR count). The summed E-state index contributed by atoms with van der Waals surface area (Å²) in [6, 6.07) is 9.67. The summed E-state index contributed by atoms with van der Waals surface area (Å²) in [7, 11) is 0.526. The summed E-state index contributed by atoms with van der Waals surface area (Å²) in [5.74, 6) is -0.449. The second-order valence-corrected chi connectivity index (χ2v) is 11.5. The van der Waals surface area contributed by atoms with E-state index in [1.807, 2.05) is 86.4 Å². The van der Waals surface area contributed by atoms with Gasteiger partial charge in [-0.1, -0.05) is 58.0 Å². The first-order chi connectivity index (χ1) is 15.8. The number of rotatable bonds is 12. The Bertz CT molecular complexity index is 967. The van der Waals surface area contributed by atoms with Gasteiger partial charge in [0.1, 0.15) is 15.2 Å². The molecule has 0 spiro atoms. The first-order valence-corrected chi connectivity index (χ1v) is 13.9. The fourth-order valence-corrected chi connectivity index (χ4v) is 9.04. The molecule has 9 heteroatoms. The molecule has 0 amide bonds. The topological polar surface area (TPSA) is 65.5 Å². The molecular weight excluding hydrogens is 455 g/mol. The van der Waals surface area contributed by atoms with E-state index in [4.69, 9.17) is 4.74 Å². The van der Waals surface area contributed by atoms with Gasteiger partial charge < -0.3 is 9.64 Å². The van der Waals surface area contributed by atoms with Crippen molar-refractivity contribution < 1.29 is 14.1 Å². The Morgan fingerprint density at radius 1 is 1.00 bits per heavy atom. The first-order valence-electron chi connectivity index (χ1n) is 11.5. The lowest BCUT2D eigenvalue weighted by Crippen LogP contribution is -2.37. The normalized spacial score (nSPS) is 12.2. The van der Waals surface area contributed by atoms with Crippen LogP contribution in [0.15, 0.2) is 35.3 Å². The fraction of sp³-hybridized carbons (Fsp3) is 0.500. The van der Waals surface area contributed by atoms with Gasteiger partial charge in [0, 0.05) is 45.8 Å². The summed E-state index contributed by atoms with van der Waals surface area (Å²) in [6.45, 7) is 12.6. The highest BCUT2D eigenvalue weighted by Crippen LogP contribution is 2.57. The molecule has 0 N–H and O–H groups in total. The third kappa shape index (κ3) is 5.75. The predicted molar refractivity (Wildman–Crippen MR) is 141 cm³/mol. The van der Waals surface area contributed by atoms with Gasteiger partial charge in [0.25, 0.3) is 7.44 Å². The lowest BCUT2D eigenvalue weighted by molar-refractivity contribution is 0.0529. The minimum atomic E-state index is -3.22. The number of hydrogen-bond acceptors (Lipinski definition) is 5. The zero-order valence-corrected chi connectivity index (χ0v) is 22.6. The molecule has 0 aliphatic heterocycles. The average molecular weight is 493 g/mol. The third-order valence-corrected chi connectivity index (χ3v) is 10.6. The summed E-state index contributed by atoms with van der Waals surface area (Å²) in [5.41, 5.74) is 1.87. The molecule has 0 saturated heterocycles. The van der Waals surface area contributed by atoms with E-state index < -0.39 is 13.4 Å². The van der Waals surface area contributed by atoms with Gasteiger partial charge in [0.2, 0.25) is 0 Å². The third-order valence-electron chi connectivity index (χ3n) is 5.31. The van der Waals surface area contributed by atoms with Crippen molar-refractivity contribution in [3.05, 3.63) is 35.9 Å².